The van der Waals surface area contributed by atoms with Crippen molar-refractivity contribution in [2.24, 2.45) is 0 Å². The lowest BCUT2D eigenvalue weighted by Crippen LogP contribution is -2.43. The molecule has 20 heavy (non-hydrogen) atoms. The molecule has 116 valence electrons. The summed E-state index contributed by atoms with van der Waals surface area (Å²) in [6, 6.07) is -0.424. The summed E-state index contributed by atoms with van der Waals surface area (Å²) < 4.78 is 4.74. The Morgan fingerprint density at radius 1 is 1.10 bits per heavy atom. The molecule has 0 saturated carbocycles. The Morgan fingerprint density at radius 3 is 2.25 bits per heavy atom. The van der Waals surface area contributed by atoms with Crippen molar-refractivity contribution >= 4 is 17.9 Å². The number of hydrogen-bond acceptors (Lipinski definition) is 4. The zero-order valence-electron chi connectivity index (χ0n) is 12.1. The molecule has 0 aliphatic heterocycles. The van der Waals surface area contributed by atoms with Crippen LogP contribution in [0.25, 0.3) is 0 Å². The predicted octanol–water partition coefficient (Wildman–Crippen LogP) is -0.308. The highest BCUT2D eigenvalue weighted by atomic mass is 16.5. The van der Waals surface area contributed by atoms with E-state index in [1.165, 1.54) is 0 Å². The molecule has 8 nitrogen and oxygen atoms in total. The fourth-order valence-corrected chi connectivity index (χ4v) is 1.23. The van der Waals surface area contributed by atoms with E-state index in [-0.39, 0.29) is 37.6 Å². The average molecular weight is 289 g/mol. The van der Waals surface area contributed by atoms with Gasteiger partial charge in [-0.05, 0) is 20.8 Å². The van der Waals surface area contributed by atoms with Crippen molar-refractivity contribution in [2.75, 3.05) is 26.3 Å². The van der Waals surface area contributed by atoms with E-state index in [2.05, 4.69) is 16.0 Å². The largest absolute Gasteiger partial charge is 0.480 e. The Balaban J connectivity index is 3.54. The average Bonchev–Trinajstić information content (AvgIpc) is 2.25. The van der Waals surface area contributed by atoms with Gasteiger partial charge in [-0.3, -0.25) is 4.79 Å². The van der Waals surface area contributed by atoms with Crippen molar-refractivity contribution in [3.8, 4) is 0 Å². The summed E-state index contributed by atoms with van der Waals surface area (Å²) in [5.41, 5.74) is -0.291. The van der Waals surface area contributed by atoms with Gasteiger partial charge in [0.2, 0.25) is 5.91 Å². The topological polar surface area (TPSA) is 117 Å². The zero-order valence-corrected chi connectivity index (χ0v) is 12.1. The first-order valence-electron chi connectivity index (χ1n) is 6.33. The first-order valence-corrected chi connectivity index (χ1v) is 6.33. The highest BCUT2D eigenvalue weighted by Crippen LogP contribution is 1.98. The quantitative estimate of drug-likeness (QED) is 0.457. The summed E-state index contributed by atoms with van der Waals surface area (Å²) >= 11 is 0. The van der Waals surface area contributed by atoms with Gasteiger partial charge >= 0.3 is 12.0 Å². The molecule has 0 atom stereocenters. The normalized spacial score (nSPS) is 10.8. The van der Waals surface area contributed by atoms with E-state index in [1.54, 1.807) is 0 Å². The van der Waals surface area contributed by atoms with Crippen LogP contribution in [-0.2, 0) is 14.3 Å². The van der Waals surface area contributed by atoms with Crippen molar-refractivity contribution in [2.45, 2.75) is 32.7 Å². The molecule has 0 aliphatic rings. The zero-order chi connectivity index (χ0) is 15.6. The van der Waals surface area contributed by atoms with Crippen LogP contribution < -0.4 is 16.0 Å². The van der Waals surface area contributed by atoms with Crippen molar-refractivity contribution in [1.82, 2.24) is 16.0 Å². The Kier molecular flexibility index (Phi) is 8.30. The van der Waals surface area contributed by atoms with Gasteiger partial charge in [-0.1, -0.05) is 0 Å². The van der Waals surface area contributed by atoms with Gasteiger partial charge in [0, 0.05) is 25.0 Å². The fraction of sp³-hybridized carbons (Fsp3) is 0.750. The van der Waals surface area contributed by atoms with Gasteiger partial charge in [0.1, 0.15) is 6.61 Å². The molecular formula is C12H23N3O5. The Hall–Kier alpha value is -1.83. The number of carbonyl (C=O) groups excluding carboxylic acids is 2. The van der Waals surface area contributed by atoms with Crippen LogP contribution in [0, 0.1) is 0 Å². The Morgan fingerprint density at radius 2 is 1.70 bits per heavy atom. The molecule has 4 N–H and O–H groups in total. The molecule has 3 amide bonds. The van der Waals surface area contributed by atoms with E-state index in [9.17, 15) is 14.4 Å². The lowest BCUT2D eigenvalue weighted by molar-refractivity contribution is -0.142. The molecule has 0 saturated heterocycles. The first kappa shape index (κ1) is 18.2. The monoisotopic (exact) mass is 289 g/mol. The molecule has 0 bridgehead atoms. The molecule has 0 aromatic rings. The maximum absolute atomic E-state index is 11.4. The molecule has 0 fully saturated rings. The number of carboxylic acid groups (broad SMARTS) is 1. The number of aliphatic carboxylic acids is 1. The number of carbonyl (C=O) groups is 3. The third-order valence-corrected chi connectivity index (χ3v) is 1.91. The van der Waals surface area contributed by atoms with Gasteiger partial charge in [0.05, 0.1) is 6.61 Å². The number of hydrogen-bond donors (Lipinski definition) is 4. The SMILES string of the molecule is CC(C)(C)NC(=O)CCNC(=O)NCCOCC(=O)O. The van der Waals surface area contributed by atoms with Crippen LogP contribution in [-0.4, -0.2) is 54.9 Å². The number of amides is 3. The Bertz CT molecular complexity index is 338. The molecule has 0 radical (unpaired) electrons. The minimum Gasteiger partial charge on any atom is -0.480 e. The van der Waals surface area contributed by atoms with Crippen LogP contribution in [0.1, 0.15) is 27.2 Å². The summed E-state index contributed by atoms with van der Waals surface area (Å²) in [4.78, 5) is 32.9. The number of urea groups is 1. The second-order valence-electron chi connectivity index (χ2n) is 5.18. The van der Waals surface area contributed by atoms with E-state index < -0.39 is 18.6 Å². The van der Waals surface area contributed by atoms with Crippen LogP contribution >= 0.6 is 0 Å². The van der Waals surface area contributed by atoms with E-state index in [0.717, 1.165) is 0 Å². The van der Waals surface area contributed by atoms with E-state index in [1.807, 2.05) is 20.8 Å². The number of carboxylic acids is 1. The summed E-state index contributed by atoms with van der Waals surface area (Å²) in [5.74, 6) is -1.19. The fourth-order valence-electron chi connectivity index (χ4n) is 1.23. The second-order valence-corrected chi connectivity index (χ2v) is 5.18. The summed E-state index contributed by atoms with van der Waals surface area (Å²) in [7, 11) is 0. The van der Waals surface area contributed by atoms with Crippen LogP contribution in [0.2, 0.25) is 0 Å². The van der Waals surface area contributed by atoms with Gasteiger partial charge < -0.3 is 25.8 Å². The van der Waals surface area contributed by atoms with Gasteiger partial charge in [-0.2, -0.15) is 0 Å². The number of ether oxygens (including phenoxy) is 1. The van der Waals surface area contributed by atoms with Gasteiger partial charge in [-0.15, -0.1) is 0 Å². The lowest BCUT2D eigenvalue weighted by Gasteiger charge is -2.20. The van der Waals surface area contributed by atoms with E-state index in [0.29, 0.717) is 0 Å². The lowest BCUT2D eigenvalue weighted by atomic mass is 10.1. The van der Waals surface area contributed by atoms with Gasteiger partial charge in [0.15, 0.2) is 0 Å². The second kappa shape index (κ2) is 9.13. The van der Waals surface area contributed by atoms with Crippen LogP contribution in [0.15, 0.2) is 0 Å². The van der Waals surface area contributed by atoms with Crippen molar-refractivity contribution < 1.29 is 24.2 Å². The molecule has 0 aliphatic carbocycles. The molecule has 0 aromatic carbocycles. The van der Waals surface area contributed by atoms with Crippen LogP contribution in [0.3, 0.4) is 0 Å². The first-order chi connectivity index (χ1) is 9.20. The molecule has 0 unspecified atom stereocenters. The van der Waals surface area contributed by atoms with Gasteiger partial charge in [0.25, 0.3) is 0 Å². The third-order valence-electron chi connectivity index (χ3n) is 1.91. The van der Waals surface area contributed by atoms with E-state index >= 15 is 0 Å². The third kappa shape index (κ3) is 12.6. The van der Waals surface area contributed by atoms with Crippen LogP contribution in [0.5, 0.6) is 0 Å². The number of rotatable bonds is 8. The molecule has 0 rings (SSSR count). The summed E-state index contributed by atoms with van der Waals surface area (Å²) in [6.07, 6.45) is 0.195. The molecule has 8 heteroatoms. The minimum absolute atomic E-state index is 0.115. The minimum atomic E-state index is -1.06. The smallest absolute Gasteiger partial charge is 0.329 e. The molecule has 0 spiro atoms. The Labute approximate surface area is 118 Å². The highest BCUT2D eigenvalue weighted by molar-refractivity contribution is 5.78. The van der Waals surface area contributed by atoms with Crippen molar-refractivity contribution in [1.29, 1.82) is 0 Å². The molecule has 0 heterocycles. The van der Waals surface area contributed by atoms with Gasteiger partial charge in [-0.25, -0.2) is 9.59 Å². The highest BCUT2D eigenvalue weighted by Gasteiger charge is 2.13. The van der Waals surface area contributed by atoms with Crippen LogP contribution in [0.4, 0.5) is 4.79 Å². The standard InChI is InChI=1S/C12H23N3O5/c1-12(2,3)15-9(16)4-5-13-11(19)14-6-7-20-8-10(17)18/h4-8H2,1-3H3,(H,15,16)(H,17,18)(H2,13,14,19). The maximum atomic E-state index is 11.4. The summed E-state index contributed by atoms with van der Waals surface area (Å²) in [6.45, 7) is 5.78. The van der Waals surface area contributed by atoms with Crippen molar-refractivity contribution in [3.63, 3.8) is 0 Å². The van der Waals surface area contributed by atoms with E-state index in [4.69, 9.17) is 9.84 Å². The molecule has 0 aromatic heterocycles. The molecular weight excluding hydrogens is 266 g/mol. The van der Waals surface area contributed by atoms with Crippen molar-refractivity contribution in [3.05, 3.63) is 0 Å². The maximum Gasteiger partial charge on any atom is 0.329 e. The summed E-state index contributed by atoms with van der Waals surface area (Å²) in [5, 5.41) is 16.1. The number of nitrogens with one attached hydrogen (secondary N) is 3. The predicted molar refractivity (Wildman–Crippen MR) is 72.4 cm³/mol.